The van der Waals surface area contributed by atoms with Crippen molar-refractivity contribution in [2.24, 2.45) is 0 Å². The minimum atomic E-state index is -0.000804. The van der Waals surface area contributed by atoms with Crippen LogP contribution in [0.15, 0.2) is 6.20 Å². The van der Waals surface area contributed by atoms with Crippen LogP contribution < -0.4 is 10.6 Å². The molecule has 4 heteroatoms. The van der Waals surface area contributed by atoms with E-state index in [2.05, 4.69) is 71.0 Å². The topological polar surface area (TPSA) is 49.8 Å². The van der Waals surface area contributed by atoms with Crippen LogP contribution in [0.25, 0.3) is 0 Å². The molecule has 0 saturated carbocycles. The molecule has 0 aliphatic heterocycles. The quantitative estimate of drug-likeness (QED) is 0.881. The zero-order valence-electron chi connectivity index (χ0n) is 14.3. The normalized spacial score (nSPS) is 12.8. The Morgan fingerprint density at radius 3 is 2.10 bits per heavy atom. The Balaban J connectivity index is 3.03. The largest absolute Gasteiger partial charge is 0.378 e. The van der Waals surface area contributed by atoms with E-state index in [4.69, 9.17) is 4.98 Å². The molecule has 20 heavy (non-hydrogen) atoms. The van der Waals surface area contributed by atoms with E-state index in [-0.39, 0.29) is 11.1 Å². The maximum absolute atomic E-state index is 4.72. The van der Waals surface area contributed by atoms with Gasteiger partial charge in [-0.25, -0.2) is 9.97 Å². The summed E-state index contributed by atoms with van der Waals surface area (Å²) in [6.07, 6.45) is 1.91. The summed E-state index contributed by atoms with van der Waals surface area (Å²) < 4.78 is 0. The third-order valence-corrected chi connectivity index (χ3v) is 2.70. The lowest BCUT2D eigenvalue weighted by molar-refractivity contribution is 0.420. The molecule has 1 aromatic heterocycles. The average Bonchev–Trinajstić information content (AvgIpc) is 2.24. The maximum atomic E-state index is 4.72. The van der Waals surface area contributed by atoms with Gasteiger partial charge in [0.25, 0.3) is 0 Å². The van der Waals surface area contributed by atoms with E-state index in [1.165, 1.54) is 0 Å². The molecular weight excluding hydrogens is 248 g/mol. The average molecular weight is 278 g/mol. The van der Waals surface area contributed by atoms with Crippen LogP contribution in [0.3, 0.4) is 0 Å². The number of rotatable bonds is 4. The van der Waals surface area contributed by atoms with E-state index >= 15 is 0 Å². The maximum Gasteiger partial charge on any atom is 0.131 e. The van der Waals surface area contributed by atoms with Crippen molar-refractivity contribution in [1.29, 1.82) is 0 Å². The predicted octanol–water partition coefficient (Wildman–Crippen LogP) is 3.70. The Morgan fingerprint density at radius 1 is 1.05 bits per heavy atom. The number of anilines is 1. The summed E-state index contributed by atoms with van der Waals surface area (Å²) in [5.74, 6) is 1.24. The Morgan fingerprint density at radius 2 is 1.65 bits per heavy atom. The molecule has 0 fully saturated rings. The van der Waals surface area contributed by atoms with Crippen molar-refractivity contribution < 1.29 is 0 Å². The molecule has 0 aliphatic carbocycles. The molecule has 114 valence electrons. The first-order valence-corrected chi connectivity index (χ1v) is 7.37. The zero-order chi connectivity index (χ0) is 15.6. The first-order chi connectivity index (χ1) is 8.98. The Kier molecular flexibility index (Phi) is 5.14. The second kappa shape index (κ2) is 6.08. The van der Waals surface area contributed by atoms with E-state index < -0.39 is 0 Å². The lowest BCUT2D eigenvalue weighted by Crippen LogP contribution is -2.36. The predicted molar refractivity (Wildman–Crippen MR) is 86.1 cm³/mol. The van der Waals surface area contributed by atoms with E-state index in [9.17, 15) is 0 Å². The van der Waals surface area contributed by atoms with Crippen LogP contribution in [0.1, 0.15) is 72.8 Å². The van der Waals surface area contributed by atoms with Gasteiger partial charge in [0.05, 0.1) is 17.6 Å². The van der Waals surface area contributed by atoms with Gasteiger partial charge in [0.1, 0.15) is 5.82 Å². The number of hydrogen-bond donors (Lipinski definition) is 2. The molecule has 0 spiro atoms. The Labute approximate surface area is 123 Å². The van der Waals surface area contributed by atoms with Gasteiger partial charge in [0, 0.05) is 23.5 Å². The number of nitrogens with one attached hydrogen (secondary N) is 2. The summed E-state index contributed by atoms with van der Waals surface area (Å²) in [7, 11) is 0. The van der Waals surface area contributed by atoms with Crippen molar-refractivity contribution in [2.45, 2.75) is 78.9 Å². The summed E-state index contributed by atoms with van der Waals surface area (Å²) in [4.78, 5) is 9.19. The van der Waals surface area contributed by atoms with Gasteiger partial charge in [-0.05, 0) is 41.5 Å². The van der Waals surface area contributed by atoms with Crippen molar-refractivity contribution >= 4 is 5.69 Å². The molecule has 1 aromatic rings. The lowest BCUT2D eigenvalue weighted by atomic mass is 10.1. The summed E-state index contributed by atoms with van der Waals surface area (Å²) in [6, 6.07) is 0. The molecule has 0 aromatic carbocycles. The molecule has 0 amide bonds. The van der Waals surface area contributed by atoms with Gasteiger partial charge < -0.3 is 10.6 Å². The fraction of sp³-hybridized carbons (Fsp3) is 0.750. The first-order valence-electron chi connectivity index (χ1n) is 7.37. The molecule has 0 aliphatic rings. The van der Waals surface area contributed by atoms with Gasteiger partial charge in [-0.3, -0.25) is 0 Å². The third kappa shape index (κ3) is 5.87. The molecule has 2 N–H and O–H groups in total. The summed E-state index contributed by atoms with van der Waals surface area (Å²) in [5.41, 5.74) is 2.12. The minimum absolute atomic E-state index is 0.000804. The highest BCUT2D eigenvalue weighted by Crippen LogP contribution is 2.20. The smallest absolute Gasteiger partial charge is 0.131 e. The summed E-state index contributed by atoms with van der Waals surface area (Å²) in [6.45, 7) is 17.9. The molecule has 1 rings (SSSR count). The molecule has 0 unspecified atom stereocenters. The summed E-state index contributed by atoms with van der Waals surface area (Å²) in [5, 5.41) is 6.99. The van der Waals surface area contributed by atoms with Gasteiger partial charge >= 0.3 is 0 Å². The second-order valence-corrected chi connectivity index (χ2v) is 7.72. The third-order valence-electron chi connectivity index (χ3n) is 2.70. The molecule has 0 radical (unpaired) electrons. The van der Waals surface area contributed by atoms with Crippen LogP contribution in [-0.4, -0.2) is 21.0 Å². The van der Waals surface area contributed by atoms with Crippen LogP contribution in [0.2, 0.25) is 0 Å². The van der Waals surface area contributed by atoms with Crippen LogP contribution in [0.4, 0.5) is 5.69 Å². The van der Waals surface area contributed by atoms with E-state index in [0.29, 0.717) is 5.92 Å². The Bertz CT molecular complexity index is 439. The van der Waals surface area contributed by atoms with Crippen molar-refractivity contribution in [3.63, 3.8) is 0 Å². The van der Waals surface area contributed by atoms with Crippen molar-refractivity contribution in [3.05, 3.63) is 17.7 Å². The monoisotopic (exact) mass is 278 g/mol. The highest BCUT2D eigenvalue weighted by Gasteiger charge is 2.17. The van der Waals surface area contributed by atoms with E-state index in [1.807, 2.05) is 6.20 Å². The van der Waals surface area contributed by atoms with E-state index in [0.717, 1.165) is 23.8 Å². The highest BCUT2D eigenvalue weighted by molar-refractivity contribution is 5.48. The Hall–Kier alpha value is -1.16. The number of nitrogens with zero attached hydrogens (tertiary/aromatic N) is 2. The summed E-state index contributed by atoms with van der Waals surface area (Å²) >= 11 is 0. The molecule has 0 bridgehead atoms. The van der Waals surface area contributed by atoms with Crippen LogP contribution in [-0.2, 0) is 6.54 Å². The standard InChI is InChI=1S/C16H30N4/c1-11(2)14-17-9-13(20-16(6,7)8)12(19-14)10-18-15(3,4)5/h9,11,18,20H,10H2,1-8H3. The van der Waals surface area contributed by atoms with Crippen LogP contribution in [0, 0.1) is 0 Å². The molecular formula is C16H30N4. The number of hydrogen-bond acceptors (Lipinski definition) is 4. The zero-order valence-corrected chi connectivity index (χ0v) is 14.3. The molecule has 1 heterocycles. The van der Waals surface area contributed by atoms with Crippen molar-refractivity contribution in [2.75, 3.05) is 5.32 Å². The fourth-order valence-electron chi connectivity index (χ4n) is 1.70. The SMILES string of the molecule is CC(C)c1ncc(NC(C)(C)C)c(CNC(C)(C)C)n1. The van der Waals surface area contributed by atoms with Gasteiger partial charge in [-0.2, -0.15) is 0 Å². The molecule has 0 saturated heterocycles. The lowest BCUT2D eigenvalue weighted by Gasteiger charge is -2.26. The van der Waals surface area contributed by atoms with Gasteiger partial charge in [-0.15, -0.1) is 0 Å². The first kappa shape index (κ1) is 16.9. The van der Waals surface area contributed by atoms with Gasteiger partial charge in [-0.1, -0.05) is 13.8 Å². The second-order valence-electron chi connectivity index (χ2n) is 7.72. The fourth-order valence-corrected chi connectivity index (χ4v) is 1.70. The van der Waals surface area contributed by atoms with Crippen LogP contribution in [0.5, 0.6) is 0 Å². The van der Waals surface area contributed by atoms with Crippen LogP contribution >= 0.6 is 0 Å². The molecule has 4 nitrogen and oxygen atoms in total. The van der Waals surface area contributed by atoms with Crippen molar-refractivity contribution in [3.8, 4) is 0 Å². The van der Waals surface area contributed by atoms with Gasteiger partial charge in [0.15, 0.2) is 0 Å². The highest BCUT2D eigenvalue weighted by atomic mass is 15.0. The van der Waals surface area contributed by atoms with Gasteiger partial charge in [0.2, 0.25) is 0 Å². The minimum Gasteiger partial charge on any atom is -0.378 e. The van der Waals surface area contributed by atoms with E-state index in [1.54, 1.807) is 0 Å². The number of aromatic nitrogens is 2. The van der Waals surface area contributed by atoms with Crippen molar-refractivity contribution in [1.82, 2.24) is 15.3 Å². The molecule has 0 atom stereocenters.